The normalized spacial score (nSPS) is 13.1. The molecule has 0 atom stereocenters. The van der Waals surface area contributed by atoms with E-state index < -0.39 is 0 Å². The van der Waals surface area contributed by atoms with Crippen LogP contribution in [0.4, 0.5) is 11.4 Å². The molecule has 0 N–H and O–H groups in total. The first-order chi connectivity index (χ1) is 12.2. The van der Waals surface area contributed by atoms with E-state index in [1.165, 1.54) is 5.01 Å². The largest absolute Gasteiger partial charge is 0.281 e. The van der Waals surface area contributed by atoms with E-state index in [4.69, 9.17) is 0 Å². The Bertz CT molecular complexity index is 937. The van der Waals surface area contributed by atoms with E-state index in [-0.39, 0.29) is 11.8 Å². The second-order valence-corrected chi connectivity index (χ2v) is 6.42. The number of fused-ring (bicyclic) bond motifs is 1. The van der Waals surface area contributed by atoms with E-state index in [2.05, 4.69) is 15.9 Å². The van der Waals surface area contributed by atoms with Gasteiger partial charge in [-0.25, -0.2) is 5.01 Å². The average molecular weight is 393 g/mol. The van der Waals surface area contributed by atoms with Crippen molar-refractivity contribution in [2.75, 3.05) is 5.01 Å². The molecule has 5 heteroatoms. The molecule has 3 aromatic rings. The van der Waals surface area contributed by atoms with Gasteiger partial charge in [0.05, 0.1) is 22.5 Å². The van der Waals surface area contributed by atoms with Crippen LogP contribution in [0, 0.1) is 0 Å². The van der Waals surface area contributed by atoms with Crippen LogP contribution in [0.1, 0.15) is 20.7 Å². The van der Waals surface area contributed by atoms with Gasteiger partial charge in [-0.2, -0.15) is 5.01 Å². The fraction of sp³-hybridized carbons (Fsp3) is 0. The highest BCUT2D eigenvalue weighted by Gasteiger charge is 2.40. The van der Waals surface area contributed by atoms with E-state index >= 15 is 0 Å². The molecule has 4 nitrogen and oxygen atoms in total. The fourth-order valence-corrected chi connectivity index (χ4v) is 3.37. The number of hydrogen-bond acceptors (Lipinski definition) is 3. The van der Waals surface area contributed by atoms with Crippen LogP contribution in [0.3, 0.4) is 0 Å². The Morgan fingerprint density at radius 3 is 1.80 bits per heavy atom. The van der Waals surface area contributed by atoms with Gasteiger partial charge in [-0.05, 0) is 52.3 Å². The number of halogens is 1. The molecule has 25 heavy (non-hydrogen) atoms. The molecule has 0 aliphatic carbocycles. The van der Waals surface area contributed by atoms with Crippen molar-refractivity contribution in [3.8, 4) is 0 Å². The molecular weight excluding hydrogens is 380 g/mol. The number of imide groups is 1. The maximum atomic E-state index is 13.0. The maximum absolute atomic E-state index is 13.0. The molecule has 0 radical (unpaired) electrons. The van der Waals surface area contributed by atoms with Crippen LogP contribution in [0.15, 0.2) is 83.3 Å². The van der Waals surface area contributed by atoms with Crippen molar-refractivity contribution < 1.29 is 9.59 Å². The van der Waals surface area contributed by atoms with Crippen molar-refractivity contribution in [2.24, 2.45) is 0 Å². The van der Waals surface area contributed by atoms with Gasteiger partial charge >= 0.3 is 0 Å². The second-order valence-electron chi connectivity index (χ2n) is 5.57. The van der Waals surface area contributed by atoms with E-state index in [9.17, 15) is 9.59 Å². The predicted molar refractivity (Wildman–Crippen MR) is 99.7 cm³/mol. The molecule has 0 saturated carbocycles. The summed E-state index contributed by atoms with van der Waals surface area (Å²) in [5.74, 6) is -0.666. The lowest BCUT2D eigenvalue weighted by molar-refractivity contribution is 0.0654. The van der Waals surface area contributed by atoms with Crippen molar-refractivity contribution in [1.82, 2.24) is 5.01 Å². The summed E-state index contributed by atoms with van der Waals surface area (Å²) < 4.78 is 0.787. The van der Waals surface area contributed by atoms with Gasteiger partial charge in [-0.1, -0.05) is 42.5 Å². The van der Waals surface area contributed by atoms with Crippen molar-refractivity contribution >= 4 is 39.1 Å². The Labute approximate surface area is 153 Å². The smallest absolute Gasteiger partial charge is 0.267 e. The van der Waals surface area contributed by atoms with Gasteiger partial charge < -0.3 is 0 Å². The van der Waals surface area contributed by atoms with E-state index in [1.54, 1.807) is 29.3 Å². The van der Waals surface area contributed by atoms with Crippen molar-refractivity contribution in [3.05, 3.63) is 94.5 Å². The van der Waals surface area contributed by atoms with E-state index in [1.807, 2.05) is 54.6 Å². The zero-order chi connectivity index (χ0) is 17.4. The predicted octanol–water partition coefficient (Wildman–Crippen LogP) is 4.80. The molecule has 1 aliphatic heterocycles. The standard InChI is InChI=1S/C20H13BrN2O2/c21-17-12-6-7-13-18(17)22(14-8-2-1-3-9-14)23-19(24)15-10-4-5-11-16(15)20(23)25/h1-13H. The van der Waals surface area contributed by atoms with Crippen LogP contribution in [-0.2, 0) is 0 Å². The summed E-state index contributed by atoms with van der Waals surface area (Å²) in [7, 11) is 0. The molecule has 1 aliphatic rings. The lowest BCUT2D eigenvalue weighted by atomic mass is 10.1. The van der Waals surface area contributed by atoms with Crippen molar-refractivity contribution in [3.63, 3.8) is 0 Å². The maximum Gasteiger partial charge on any atom is 0.281 e. The molecule has 1 heterocycles. The van der Waals surface area contributed by atoms with Crippen LogP contribution in [0.2, 0.25) is 0 Å². The SMILES string of the molecule is O=C1c2ccccc2C(=O)N1N(c1ccccc1)c1ccccc1Br. The van der Waals surface area contributed by atoms with Crippen LogP contribution < -0.4 is 5.01 Å². The van der Waals surface area contributed by atoms with Gasteiger partial charge in [0.1, 0.15) is 0 Å². The minimum absolute atomic E-state index is 0.333. The number of anilines is 2. The van der Waals surface area contributed by atoms with E-state index in [0.717, 1.165) is 10.2 Å². The zero-order valence-corrected chi connectivity index (χ0v) is 14.7. The monoisotopic (exact) mass is 392 g/mol. The van der Waals surface area contributed by atoms with Crippen molar-refractivity contribution in [2.45, 2.75) is 0 Å². The summed E-state index contributed by atoms with van der Waals surface area (Å²) in [5, 5.41) is 2.84. The number of carbonyl (C=O) groups excluding carboxylic acids is 2. The molecule has 2 amide bonds. The van der Waals surface area contributed by atoms with Gasteiger partial charge in [0.2, 0.25) is 0 Å². The Hall–Kier alpha value is -2.92. The quantitative estimate of drug-likeness (QED) is 0.601. The molecule has 0 fully saturated rings. The number of carbonyl (C=O) groups is 2. The highest BCUT2D eigenvalue weighted by molar-refractivity contribution is 9.10. The number of para-hydroxylation sites is 2. The summed E-state index contributed by atoms with van der Waals surface area (Å²) in [6.45, 7) is 0. The minimum Gasteiger partial charge on any atom is -0.267 e. The van der Waals surface area contributed by atoms with E-state index in [0.29, 0.717) is 16.8 Å². The molecule has 0 spiro atoms. The molecule has 0 bridgehead atoms. The number of hydrazine groups is 1. The van der Waals surface area contributed by atoms with Gasteiger partial charge in [-0.15, -0.1) is 0 Å². The van der Waals surface area contributed by atoms with Gasteiger partial charge in [0, 0.05) is 4.47 Å². The Kier molecular flexibility index (Phi) is 3.86. The summed E-state index contributed by atoms with van der Waals surface area (Å²) in [4.78, 5) is 25.9. The average Bonchev–Trinajstić information content (AvgIpc) is 2.90. The van der Waals surface area contributed by atoms with Crippen LogP contribution in [0.5, 0.6) is 0 Å². The van der Waals surface area contributed by atoms with Crippen LogP contribution in [0.25, 0.3) is 0 Å². The topological polar surface area (TPSA) is 40.6 Å². The van der Waals surface area contributed by atoms with Gasteiger partial charge in [0.25, 0.3) is 11.8 Å². The highest BCUT2D eigenvalue weighted by Crippen LogP contribution is 2.37. The first-order valence-corrected chi connectivity index (χ1v) is 8.55. The van der Waals surface area contributed by atoms with Crippen LogP contribution in [-0.4, -0.2) is 16.8 Å². The van der Waals surface area contributed by atoms with Crippen LogP contribution >= 0.6 is 15.9 Å². The third-order valence-electron chi connectivity index (χ3n) is 4.05. The number of nitrogens with zero attached hydrogens (tertiary/aromatic N) is 2. The Balaban J connectivity index is 1.90. The van der Waals surface area contributed by atoms with Crippen molar-refractivity contribution in [1.29, 1.82) is 0 Å². The molecule has 0 unspecified atom stereocenters. The number of hydrogen-bond donors (Lipinski definition) is 0. The number of rotatable bonds is 3. The summed E-state index contributed by atoms with van der Waals surface area (Å²) in [6, 6.07) is 23.7. The molecule has 3 aromatic carbocycles. The number of benzene rings is 3. The van der Waals surface area contributed by atoms with Gasteiger partial charge in [-0.3, -0.25) is 9.59 Å². The highest BCUT2D eigenvalue weighted by atomic mass is 79.9. The first kappa shape index (κ1) is 15.6. The van der Waals surface area contributed by atoms with Gasteiger partial charge in [0.15, 0.2) is 0 Å². The number of amides is 2. The second kappa shape index (κ2) is 6.18. The molecule has 0 aromatic heterocycles. The Morgan fingerprint density at radius 1 is 0.680 bits per heavy atom. The molecule has 122 valence electrons. The summed E-state index contributed by atoms with van der Waals surface area (Å²) >= 11 is 3.53. The summed E-state index contributed by atoms with van der Waals surface area (Å²) in [6.07, 6.45) is 0. The third kappa shape index (κ3) is 2.53. The Morgan fingerprint density at radius 2 is 1.20 bits per heavy atom. The summed E-state index contributed by atoms with van der Waals surface area (Å²) in [5.41, 5.74) is 2.27. The first-order valence-electron chi connectivity index (χ1n) is 7.76. The lowest BCUT2D eigenvalue weighted by Gasteiger charge is -2.32. The molecule has 0 saturated heterocycles. The molecular formula is C20H13BrN2O2. The lowest BCUT2D eigenvalue weighted by Crippen LogP contribution is -2.43. The fourth-order valence-electron chi connectivity index (χ4n) is 2.91. The zero-order valence-electron chi connectivity index (χ0n) is 13.1. The third-order valence-corrected chi connectivity index (χ3v) is 4.72. The minimum atomic E-state index is -0.333. The molecule has 4 rings (SSSR count).